The van der Waals surface area contributed by atoms with E-state index in [0.29, 0.717) is 24.8 Å². The molecule has 2 aliphatic heterocycles. The lowest BCUT2D eigenvalue weighted by atomic mass is 9.83. The summed E-state index contributed by atoms with van der Waals surface area (Å²) in [5, 5.41) is 39.5. The Bertz CT molecular complexity index is 730. The van der Waals surface area contributed by atoms with E-state index in [4.69, 9.17) is 14.2 Å². The van der Waals surface area contributed by atoms with Gasteiger partial charge in [-0.1, -0.05) is 25.3 Å². The number of hydrogen-bond acceptors (Lipinski definition) is 8. The van der Waals surface area contributed by atoms with Crippen LogP contribution in [0.4, 0.5) is 0 Å². The van der Waals surface area contributed by atoms with Gasteiger partial charge in [0.1, 0.15) is 30.5 Å². The summed E-state index contributed by atoms with van der Waals surface area (Å²) in [5.74, 6) is -0.327. The topological polar surface area (TPSA) is 126 Å². The molecule has 4 rings (SSSR count). The molecule has 0 radical (unpaired) electrons. The Morgan fingerprint density at radius 3 is 2.45 bits per heavy atom. The predicted octanol–water partition coefficient (Wildman–Crippen LogP) is -0.188. The zero-order chi connectivity index (χ0) is 21.0. The minimum absolute atomic E-state index is 0.0264. The maximum atomic E-state index is 11.9. The van der Waals surface area contributed by atoms with Gasteiger partial charge >= 0.3 is 5.97 Å². The average Bonchev–Trinajstić information content (AvgIpc) is 3.08. The Kier molecular flexibility index (Phi) is 5.43. The van der Waals surface area contributed by atoms with Crippen molar-refractivity contribution in [1.29, 1.82) is 0 Å². The molecule has 8 heteroatoms. The lowest BCUT2D eigenvalue weighted by Gasteiger charge is -2.41. The van der Waals surface area contributed by atoms with Gasteiger partial charge in [-0.2, -0.15) is 0 Å². The van der Waals surface area contributed by atoms with Crippen molar-refractivity contribution in [3.8, 4) is 0 Å². The number of ether oxygens (including phenoxy) is 3. The molecule has 2 saturated heterocycles. The first kappa shape index (κ1) is 20.7. The largest absolute Gasteiger partial charge is 0.458 e. The van der Waals surface area contributed by atoms with E-state index in [1.54, 1.807) is 0 Å². The van der Waals surface area contributed by atoms with E-state index in [-0.39, 0.29) is 29.8 Å². The van der Waals surface area contributed by atoms with Crippen LogP contribution >= 0.6 is 0 Å². The van der Waals surface area contributed by atoms with Crippen molar-refractivity contribution in [1.82, 2.24) is 0 Å². The number of rotatable bonds is 3. The van der Waals surface area contributed by atoms with Crippen molar-refractivity contribution in [2.75, 3.05) is 6.61 Å². The van der Waals surface area contributed by atoms with Crippen LogP contribution in [0.25, 0.3) is 0 Å². The molecule has 4 N–H and O–H groups in total. The first-order chi connectivity index (χ1) is 13.7. The second kappa shape index (κ2) is 7.61. The van der Waals surface area contributed by atoms with Gasteiger partial charge in [0, 0.05) is 17.9 Å². The standard InChI is InChI=1S/C21H28O8/c1-8-4-15-13(10(3)20(25)28-15)5-12-9(2)14(6-11(8)12)27-19-16(7-22)29-21(26)18(24)17(19)23/h11-19,21-24,26H,1-7H2/t11-,12-,13+,14-,15-,16-,17-,18+,19+,21+/m0/s1. The van der Waals surface area contributed by atoms with Crippen LogP contribution in [0.3, 0.4) is 0 Å². The summed E-state index contributed by atoms with van der Waals surface area (Å²) >= 11 is 0. The lowest BCUT2D eigenvalue weighted by molar-refractivity contribution is -0.298. The molecule has 10 atom stereocenters. The Labute approximate surface area is 169 Å². The van der Waals surface area contributed by atoms with Gasteiger partial charge in [0.05, 0.1) is 12.7 Å². The molecule has 0 aromatic heterocycles. The smallest absolute Gasteiger partial charge is 0.334 e. The summed E-state index contributed by atoms with van der Waals surface area (Å²) in [6, 6.07) is 0. The second-order valence-corrected chi connectivity index (χ2v) is 8.52. The van der Waals surface area contributed by atoms with Gasteiger partial charge in [0.25, 0.3) is 0 Å². The van der Waals surface area contributed by atoms with E-state index >= 15 is 0 Å². The molecular formula is C21H28O8. The summed E-state index contributed by atoms with van der Waals surface area (Å²) in [6.45, 7) is 11.8. The van der Waals surface area contributed by atoms with Gasteiger partial charge in [0.15, 0.2) is 6.29 Å². The average molecular weight is 408 g/mol. The predicted molar refractivity (Wildman–Crippen MR) is 100 cm³/mol. The number of carbonyl (C=O) groups is 1. The molecule has 29 heavy (non-hydrogen) atoms. The van der Waals surface area contributed by atoms with Gasteiger partial charge in [-0.25, -0.2) is 4.79 Å². The summed E-state index contributed by atoms with van der Waals surface area (Å²) in [7, 11) is 0. The van der Waals surface area contributed by atoms with Crippen molar-refractivity contribution in [3.63, 3.8) is 0 Å². The highest BCUT2D eigenvalue weighted by atomic mass is 16.7. The highest BCUT2D eigenvalue weighted by Crippen LogP contribution is 2.52. The molecule has 2 heterocycles. The second-order valence-electron chi connectivity index (χ2n) is 8.52. The summed E-state index contributed by atoms with van der Waals surface area (Å²) < 4.78 is 16.7. The SMILES string of the molecule is C=C1C(=O)O[C@H]2CC(=C)[C@@H]3C[C@H](O[C@H]4[C@@H](O)[C@@H](O)[C@H](O)O[C@H]4CO)C(=C)[C@@H]3C[C@H]12. The fourth-order valence-electron chi connectivity index (χ4n) is 5.21. The van der Waals surface area contributed by atoms with Crippen LogP contribution < -0.4 is 0 Å². The maximum absolute atomic E-state index is 11.9. The van der Waals surface area contributed by atoms with Gasteiger partial charge in [-0.15, -0.1) is 0 Å². The van der Waals surface area contributed by atoms with Crippen LogP contribution in [0.1, 0.15) is 19.3 Å². The third kappa shape index (κ3) is 3.37. The van der Waals surface area contributed by atoms with Crippen molar-refractivity contribution >= 4 is 5.97 Å². The summed E-state index contributed by atoms with van der Waals surface area (Å²) in [5.41, 5.74) is 2.26. The molecule has 0 amide bonds. The van der Waals surface area contributed by atoms with Gasteiger partial charge < -0.3 is 34.6 Å². The van der Waals surface area contributed by atoms with Crippen LogP contribution in [0.2, 0.25) is 0 Å². The number of aliphatic hydroxyl groups is 4. The monoisotopic (exact) mass is 408 g/mol. The highest BCUT2D eigenvalue weighted by molar-refractivity contribution is 5.90. The Morgan fingerprint density at radius 2 is 1.76 bits per heavy atom. The van der Waals surface area contributed by atoms with E-state index in [9.17, 15) is 25.2 Å². The van der Waals surface area contributed by atoms with Gasteiger partial charge in [0.2, 0.25) is 0 Å². The number of fused-ring (bicyclic) bond motifs is 2. The first-order valence-corrected chi connectivity index (χ1v) is 9.95. The van der Waals surface area contributed by atoms with Crippen LogP contribution in [0.15, 0.2) is 36.5 Å². The maximum Gasteiger partial charge on any atom is 0.334 e. The van der Waals surface area contributed by atoms with Crippen molar-refractivity contribution in [3.05, 3.63) is 36.5 Å². The van der Waals surface area contributed by atoms with Crippen LogP contribution in [0.5, 0.6) is 0 Å². The van der Waals surface area contributed by atoms with Crippen LogP contribution in [-0.4, -0.2) is 75.9 Å². The van der Waals surface area contributed by atoms with Gasteiger partial charge in [-0.3, -0.25) is 0 Å². The van der Waals surface area contributed by atoms with E-state index in [0.717, 1.165) is 11.1 Å². The highest BCUT2D eigenvalue weighted by Gasteiger charge is 2.51. The quantitative estimate of drug-likeness (QED) is 0.288. The molecule has 160 valence electrons. The molecule has 8 nitrogen and oxygen atoms in total. The fourth-order valence-corrected chi connectivity index (χ4v) is 5.21. The third-order valence-electron chi connectivity index (χ3n) is 6.92. The van der Waals surface area contributed by atoms with Crippen molar-refractivity contribution < 1.29 is 39.4 Å². The van der Waals surface area contributed by atoms with Gasteiger partial charge in [-0.05, 0) is 30.3 Å². The molecule has 0 aromatic carbocycles. The molecule has 4 aliphatic rings. The van der Waals surface area contributed by atoms with Crippen molar-refractivity contribution in [2.45, 2.75) is 62.2 Å². The molecule has 4 fully saturated rings. The van der Waals surface area contributed by atoms with Crippen molar-refractivity contribution in [2.24, 2.45) is 17.8 Å². The summed E-state index contributed by atoms with van der Waals surface area (Å²) in [4.78, 5) is 11.9. The van der Waals surface area contributed by atoms with Crippen LogP contribution in [0, 0.1) is 17.8 Å². The molecule has 0 unspecified atom stereocenters. The van der Waals surface area contributed by atoms with Crippen LogP contribution in [-0.2, 0) is 19.0 Å². The summed E-state index contributed by atoms with van der Waals surface area (Å²) in [6.07, 6.45) is -5.41. The normalized spacial score (nSPS) is 47.6. The molecule has 0 bridgehead atoms. The number of hydrogen-bond donors (Lipinski definition) is 4. The van der Waals surface area contributed by atoms with E-state index in [1.165, 1.54) is 0 Å². The fraction of sp³-hybridized carbons (Fsp3) is 0.667. The molecule has 2 saturated carbocycles. The third-order valence-corrected chi connectivity index (χ3v) is 6.92. The Balaban J connectivity index is 1.52. The molecule has 0 aromatic rings. The number of esters is 1. The molecular weight excluding hydrogens is 380 g/mol. The lowest BCUT2D eigenvalue weighted by Crippen LogP contribution is -2.60. The Morgan fingerprint density at radius 1 is 1.03 bits per heavy atom. The number of carbonyl (C=O) groups excluding carboxylic acids is 1. The van der Waals surface area contributed by atoms with E-state index < -0.39 is 43.4 Å². The number of aliphatic hydroxyl groups excluding tert-OH is 4. The molecule has 0 spiro atoms. The first-order valence-electron chi connectivity index (χ1n) is 9.95. The molecule has 2 aliphatic carbocycles. The minimum atomic E-state index is -1.59. The Hall–Kier alpha value is -1.55. The minimum Gasteiger partial charge on any atom is -0.458 e. The van der Waals surface area contributed by atoms with E-state index in [2.05, 4.69) is 19.7 Å². The zero-order valence-electron chi connectivity index (χ0n) is 16.1. The van der Waals surface area contributed by atoms with E-state index in [1.807, 2.05) is 0 Å². The zero-order valence-corrected chi connectivity index (χ0v) is 16.1.